The highest BCUT2D eigenvalue weighted by molar-refractivity contribution is 5.63. The number of rotatable bonds is 2. The maximum absolute atomic E-state index is 2.32. The number of hydrogen-bond donors (Lipinski definition) is 0. The molecule has 0 heterocycles. The normalized spacial score (nSPS) is 14.5. The lowest BCUT2D eigenvalue weighted by Gasteiger charge is -2.15. The predicted octanol–water partition coefficient (Wildman–Crippen LogP) is 8.42. The van der Waals surface area contributed by atoms with Crippen molar-refractivity contribution in [3.05, 3.63) is 84.0 Å². The third kappa shape index (κ3) is 7.56. The van der Waals surface area contributed by atoms with Crippen molar-refractivity contribution in [1.82, 2.24) is 0 Å². The van der Waals surface area contributed by atoms with Gasteiger partial charge >= 0.3 is 0 Å². The molecule has 0 saturated heterocycles. The second-order valence-corrected chi connectivity index (χ2v) is 5.14. The van der Waals surface area contributed by atoms with Crippen molar-refractivity contribution in [3.8, 4) is 11.1 Å². The molecular weight excluding hydrogens is 300 g/mol. The van der Waals surface area contributed by atoms with Crippen molar-refractivity contribution in [1.29, 1.82) is 0 Å². The van der Waals surface area contributed by atoms with Gasteiger partial charge in [0.2, 0.25) is 0 Å². The Kier molecular flexibility index (Phi) is 13.1. The van der Waals surface area contributed by atoms with Crippen molar-refractivity contribution in [2.45, 2.75) is 60.8 Å². The van der Waals surface area contributed by atoms with Crippen LogP contribution in [0.3, 0.4) is 0 Å². The van der Waals surface area contributed by atoms with E-state index in [1.807, 2.05) is 41.5 Å². The minimum atomic E-state index is 0.536. The first-order valence-electron chi connectivity index (χ1n) is 9.83. The lowest BCUT2D eigenvalue weighted by Crippen LogP contribution is -1.97. The Hall–Kier alpha value is -2.08. The van der Waals surface area contributed by atoms with Gasteiger partial charge in [-0.2, -0.15) is 0 Å². The number of hydrogen-bond acceptors (Lipinski definition) is 0. The molecule has 0 N–H and O–H groups in total. The summed E-state index contributed by atoms with van der Waals surface area (Å²) in [6.45, 7) is 14.2. The van der Waals surface area contributed by atoms with Crippen LogP contribution in [0.4, 0.5) is 0 Å². The van der Waals surface area contributed by atoms with Crippen LogP contribution in [0.15, 0.2) is 78.4 Å². The first-order chi connectivity index (χ1) is 12.3. The third-order valence-corrected chi connectivity index (χ3v) is 3.73. The summed E-state index contributed by atoms with van der Waals surface area (Å²) < 4.78 is 0. The molecule has 136 valence electrons. The second kappa shape index (κ2) is 14.3. The van der Waals surface area contributed by atoms with Crippen molar-refractivity contribution in [2.24, 2.45) is 0 Å². The Labute approximate surface area is 156 Å². The van der Waals surface area contributed by atoms with Crippen LogP contribution in [-0.2, 0) is 0 Å². The Balaban J connectivity index is 0.000000871. The fraction of sp³-hybridized carbons (Fsp3) is 0.360. The molecule has 0 aliphatic heterocycles. The molecule has 0 radical (unpaired) electrons. The van der Waals surface area contributed by atoms with Gasteiger partial charge in [-0.25, -0.2) is 0 Å². The molecule has 1 unspecified atom stereocenters. The zero-order valence-corrected chi connectivity index (χ0v) is 17.2. The number of allylic oxidation sites excluding steroid dienone is 4. The topological polar surface area (TPSA) is 0 Å². The van der Waals surface area contributed by atoms with E-state index in [4.69, 9.17) is 0 Å². The zero-order chi connectivity index (χ0) is 19.1. The zero-order valence-electron chi connectivity index (χ0n) is 17.2. The lowest BCUT2D eigenvalue weighted by atomic mass is 9.89. The molecule has 0 fully saturated rings. The minimum absolute atomic E-state index is 0.536. The monoisotopic (exact) mass is 336 g/mol. The van der Waals surface area contributed by atoms with Crippen LogP contribution in [0.1, 0.15) is 66.4 Å². The molecule has 0 bridgehead atoms. The van der Waals surface area contributed by atoms with E-state index in [0.29, 0.717) is 5.92 Å². The van der Waals surface area contributed by atoms with Gasteiger partial charge in [-0.15, -0.1) is 0 Å². The maximum Gasteiger partial charge on any atom is 0.00559 e. The molecule has 2 aromatic rings. The highest BCUT2D eigenvalue weighted by atomic mass is 14.1. The quantitative estimate of drug-likeness (QED) is 0.516. The average molecular weight is 337 g/mol. The Morgan fingerprint density at radius 1 is 0.680 bits per heavy atom. The SMILES string of the molecule is CC.CC.CC.CC1=CCC(c2ccc(-c3ccccc3)cc2)C=C1. The third-order valence-electron chi connectivity index (χ3n) is 3.73. The van der Waals surface area contributed by atoms with Crippen LogP contribution in [-0.4, -0.2) is 0 Å². The molecule has 2 aromatic carbocycles. The Morgan fingerprint density at radius 3 is 1.68 bits per heavy atom. The van der Waals surface area contributed by atoms with Crippen molar-refractivity contribution in [3.63, 3.8) is 0 Å². The van der Waals surface area contributed by atoms with E-state index in [9.17, 15) is 0 Å². The van der Waals surface area contributed by atoms with Gasteiger partial charge in [-0.05, 0) is 30.0 Å². The summed E-state index contributed by atoms with van der Waals surface area (Å²) in [7, 11) is 0. The van der Waals surface area contributed by atoms with E-state index in [1.54, 1.807) is 0 Å². The minimum Gasteiger partial charge on any atom is -0.0807 e. The summed E-state index contributed by atoms with van der Waals surface area (Å²) in [6, 6.07) is 19.5. The molecule has 0 saturated carbocycles. The summed E-state index contributed by atoms with van der Waals surface area (Å²) in [5, 5.41) is 0. The van der Waals surface area contributed by atoms with Gasteiger partial charge in [0.15, 0.2) is 0 Å². The van der Waals surface area contributed by atoms with Gasteiger partial charge in [-0.1, -0.05) is 120 Å². The molecule has 0 heteroatoms. The standard InChI is InChI=1S/C19H18.3C2H6/c1-15-7-9-17(10-8-15)19-13-11-18(12-14-19)16-5-3-2-4-6-16;3*1-2/h2-9,11-14,17H,10H2,1H3;3*1-2H3. The largest absolute Gasteiger partial charge is 0.0807 e. The number of benzene rings is 2. The summed E-state index contributed by atoms with van der Waals surface area (Å²) in [6.07, 6.45) is 7.97. The van der Waals surface area contributed by atoms with Gasteiger partial charge < -0.3 is 0 Å². The smallest absolute Gasteiger partial charge is 0.00559 e. The van der Waals surface area contributed by atoms with E-state index in [-0.39, 0.29) is 0 Å². The van der Waals surface area contributed by atoms with E-state index >= 15 is 0 Å². The van der Waals surface area contributed by atoms with E-state index in [1.165, 1.54) is 22.3 Å². The van der Waals surface area contributed by atoms with Crippen LogP contribution in [0.2, 0.25) is 0 Å². The lowest BCUT2D eigenvalue weighted by molar-refractivity contribution is 0.845. The van der Waals surface area contributed by atoms with Crippen LogP contribution < -0.4 is 0 Å². The Morgan fingerprint density at radius 2 is 1.20 bits per heavy atom. The molecule has 0 spiro atoms. The molecule has 1 atom stereocenters. The predicted molar refractivity (Wildman–Crippen MR) is 116 cm³/mol. The van der Waals surface area contributed by atoms with E-state index in [0.717, 1.165) is 6.42 Å². The molecule has 1 aliphatic rings. The molecule has 0 amide bonds. The molecule has 3 rings (SSSR count). The molecule has 0 aromatic heterocycles. The molecule has 1 aliphatic carbocycles. The first-order valence-corrected chi connectivity index (χ1v) is 9.83. The van der Waals surface area contributed by atoms with E-state index < -0.39 is 0 Å². The summed E-state index contributed by atoms with van der Waals surface area (Å²) in [5.74, 6) is 0.536. The molecular formula is C25H36. The summed E-state index contributed by atoms with van der Waals surface area (Å²) >= 11 is 0. The van der Waals surface area contributed by atoms with Gasteiger partial charge in [-0.3, -0.25) is 0 Å². The fourth-order valence-electron chi connectivity index (χ4n) is 2.53. The second-order valence-electron chi connectivity index (χ2n) is 5.14. The highest BCUT2D eigenvalue weighted by Gasteiger charge is 2.09. The van der Waals surface area contributed by atoms with Crippen molar-refractivity contribution >= 4 is 0 Å². The van der Waals surface area contributed by atoms with Gasteiger partial charge in [0.05, 0.1) is 0 Å². The van der Waals surface area contributed by atoms with Crippen LogP contribution in [0, 0.1) is 0 Å². The van der Waals surface area contributed by atoms with Gasteiger partial charge in [0, 0.05) is 5.92 Å². The first kappa shape index (κ1) is 22.9. The summed E-state index contributed by atoms with van der Waals surface area (Å²) in [4.78, 5) is 0. The van der Waals surface area contributed by atoms with Crippen LogP contribution in [0.25, 0.3) is 11.1 Å². The van der Waals surface area contributed by atoms with E-state index in [2.05, 4.69) is 79.7 Å². The fourth-order valence-corrected chi connectivity index (χ4v) is 2.53. The molecule has 25 heavy (non-hydrogen) atoms. The van der Waals surface area contributed by atoms with Gasteiger partial charge in [0.25, 0.3) is 0 Å². The van der Waals surface area contributed by atoms with Crippen molar-refractivity contribution < 1.29 is 0 Å². The average Bonchev–Trinajstić information content (AvgIpc) is 2.74. The Bertz CT molecular complexity index is 600. The maximum atomic E-state index is 2.32. The highest BCUT2D eigenvalue weighted by Crippen LogP contribution is 2.28. The molecule has 0 nitrogen and oxygen atoms in total. The van der Waals surface area contributed by atoms with Gasteiger partial charge in [0.1, 0.15) is 0 Å². The van der Waals surface area contributed by atoms with Crippen molar-refractivity contribution in [2.75, 3.05) is 0 Å². The van der Waals surface area contributed by atoms with Crippen LogP contribution in [0.5, 0.6) is 0 Å². The van der Waals surface area contributed by atoms with Crippen LogP contribution >= 0.6 is 0 Å². The summed E-state index contributed by atoms with van der Waals surface area (Å²) in [5.41, 5.74) is 5.34.